The van der Waals surface area contributed by atoms with Crippen molar-refractivity contribution in [3.05, 3.63) is 29.3 Å². The highest BCUT2D eigenvalue weighted by atomic mass is 32.1. The Bertz CT molecular complexity index is 782. The third-order valence-electron chi connectivity index (χ3n) is 5.17. The SMILES string of the molecule is Cc1cccc(NC(=S)N(C)CC(=O)N2CCN(CC(=O)NC(C)(C)C)CC2)c1C. The summed E-state index contributed by atoms with van der Waals surface area (Å²) in [4.78, 5) is 30.5. The molecule has 2 N–H and O–H groups in total. The number of carbonyl (C=O) groups is 2. The highest BCUT2D eigenvalue weighted by Gasteiger charge is 2.24. The van der Waals surface area contributed by atoms with Crippen LogP contribution < -0.4 is 10.6 Å². The molecular weight excluding hydrogens is 398 g/mol. The zero-order valence-corrected chi connectivity index (χ0v) is 19.9. The Morgan fingerprint density at radius 1 is 1.13 bits per heavy atom. The van der Waals surface area contributed by atoms with Crippen LogP contribution in [-0.2, 0) is 9.59 Å². The summed E-state index contributed by atoms with van der Waals surface area (Å²) in [7, 11) is 1.82. The average Bonchev–Trinajstić information content (AvgIpc) is 2.64. The van der Waals surface area contributed by atoms with Crippen molar-refractivity contribution in [1.29, 1.82) is 0 Å². The van der Waals surface area contributed by atoms with Crippen molar-refractivity contribution in [2.45, 2.75) is 40.2 Å². The predicted octanol–water partition coefficient (Wildman–Crippen LogP) is 1.99. The van der Waals surface area contributed by atoms with Gasteiger partial charge in [0.2, 0.25) is 11.8 Å². The van der Waals surface area contributed by atoms with Crippen molar-refractivity contribution in [2.75, 3.05) is 51.6 Å². The maximum absolute atomic E-state index is 12.7. The van der Waals surface area contributed by atoms with Crippen LogP contribution in [0.4, 0.5) is 5.69 Å². The number of nitrogens with zero attached hydrogens (tertiary/aromatic N) is 3. The molecule has 1 heterocycles. The Hall–Kier alpha value is -2.19. The maximum atomic E-state index is 12.7. The number of nitrogens with one attached hydrogen (secondary N) is 2. The smallest absolute Gasteiger partial charge is 0.242 e. The number of hydrogen-bond donors (Lipinski definition) is 2. The van der Waals surface area contributed by atoms with Gasteiger partial charge in [0, 0.05) is 44.5 Å². The molecule has 0 radical (unpaired) electrons. The summed E-state index contributed by atoms with van der Waals surface area (Å²) in [6.07, 6.45) is 0. The average molecular weight is 434 g/mol. The number of amides is 2. The molecule has 0 aliphatic carbocycles. The highest BCUT2D eigenvalue weighted by Crippen LogP contribution is 2.18. The standard InChI is InChI=1S/C22H35N5O2S/c1-16-8-7-9-18(17(16)2)23-21(30)25(6)15-20(29)27-12-10-26(11-13-27)14-19(28)24-22(3,4)5/h7-9H,10-15H2,1-6H3,(H,23,30)(H,24,28). The highest BCUT2D eigenvalue weighted by molar-refractivity contribution is 7.80. The number of thiocarbonyl (C=S) groups is 1. The number of piperazine rings is 1. The molecule has 1 aromatic rings. The van der Waals surface area contributed by atoms with Crippen molar-refractivity contribution in [2.24, 2.45) is 0 Å². The summed E-state index contributed by atoms with van der Waals surface area (Å²) in [5.41, 5.74) is 3.06. The van der Waals surface area contributed by atoms with Gasteiger partial charge < -0.3 is 20.4 Å². The van der Waals surface area contributed by atoms with Gasteiger partial charge in [0.15, 0.2) is 5.11 Å². The van der Waals surface area contributed by atoms with Crippen LogP contribution in [-0.4, -0.2) is 83.5 Å². The van der Waals surface area contributed by atoms with Crippen molar-refractivity contribution >= 4 is 34.8 Å². The summed E-state index contributed by atoms with van der Waals surface area (Å²) >= 11 is 5.48. The fourth-order valence-electron chi connectivity index (χ4n) is 3.29. The molecule has 1 aliphatic heterocycles. The van der Waals surface area contributed by atoms with Crippen LogP contribution in [0.1, 0.15) is 31.9 Å². The van der Waals surface area contributed by atoms with Gasteiger partial charge in [0.25, 0.3) is 0 Å². The third kappa shape index (κ3) is 7.25. The zero-order chi connectivity index (χ0) is 22.5. The van der Waals surface area contributed by atoms with Crippen molar-refractivity contribution in [1.82, 2.24) is 20.0 Å². The van der Waals surface area contributed by atoms with Gasteiger partial charge in [-0.3, -0.25) is 14.5 Å². The second-order valence-corrected chi connectivity index (χ2v) is 9.38. The van der Waals surface area contributed by atoms with Gasteiger partial charge in [0.05, 0.1) is 13.1 Å². The van der Waals surface area contributed by atoms with Crippen molar-refractivity contribution < 1.29 is 9.59 Å². The van der Waals surface area contributed by atoms with Crippen LogP contribution in [0.15, 0.2) is 18.2 Å². The minimum absolute atomic E-state index is 0.0184. The summed E-state index contributed by atoms with van der Waals surface area (Å²) in [5.74, 6) is 0.0614. The van der Waals surface area contributed by atoms with E-state index in [2.05, 4.69) is 28.5 Å². The predicted molar refractivity (Wildman–Crippen MR) is 126 cm³/mol. The van der Waals surface area contributed by atoms with Gasteiger partial charge in [-0.2, -0.15) is 0 Å². The zero-order valence-electron chi connectivity index (χ0n) is 19.0. The van der Waals surface area contributed by atoms with E-state index >= 15 is 0 Å². The van der Waals surface area contributed by atoms with Crippen molar-refractivity contribution in [3.8, 4) is 0 Å². The molecule has 1 aliphatic rings. The van der Waals surface area contributed by atoms with E-state index in [1.54, 1.807) is 4.90 Å². The van der Waals surface area contributed by atoms with Crippen LogP contribution >= 0.6 is 12.2 Å². The molecule has 1 fully saturated rings. The Kier molecular flexibility index (Phi) is 8.20. The quantitative estimate of drug-likeness (QED) is 0.693. The molecule has 2 rings (SSSR count). The fourth-order valence-corrected chi connectivity index (χ4v) is 3.46. The van der Waals surface area contributed by atoms with E-state index in [1.165, 1.54) is 5.56 Å². The number of aryl methyl sites for hydroxylation is 1. The van der Waals surface area contributed by atoms with Crippen LogP contribution in [0.5, 0.6) is 0 Å². The minimum atomic E-state index is -0.233. The first kappa shape index (κ1) is 24.1. The molecule has 30 heavy (non-hydrogen) atoms. The number of anilines is 1. The van der Waals surface area contributed by atoms with Gasteiger partial charge in [-0.05, 0) is 64.0 Å². The van der Waals surface area contributed by atoms with Crippen LogP contribution in [0.2, 0.25) is 0 Å². The van der Waals surface area contributed by atoms with Crippen LogP contribution in [0.25, 0.3) is 0 Å². The van der Waals surface area contributed by atoms with E-state index in [9.17, 15) is 9.59 Å². The van der Waals surface area contributed by atoms with Gasteiger partial charge in [-0.1, -0.05) is 12.1 Å². The molecule has 0 bridgehead atoms. The fraction of sp³-hybridized carbons (Fsp3) is 0.591. The lowest BCUT2D eigenvalue weighted by molar-refractivity contribution is -0.133. The molecule has 166 valence electrons. The van der Waals surface area contributed by atoms with E-state index in [0.717, 1.165) is 11.3 Å². The van der Waals surface area contributed by atoms with E-state index in [1.807, 2.05) is 51.8 Å². The lowest BCUT2D eigenvalue weighted by atomic mass is 10.1. The first-order valence-corrected chi connectivity index (χ1v) is 10.8. The van der Waals surface area contributed by atoms with E-state index in [0.29, 0.717) is 37.8 Å². The van der Waals surface area contributed by atoms with E-state index in [4.69, 9.17) is 12.2 Å². The number of rotatable bonds is 5. The molecule has 7 nitrogen and oxygen atoms in total. The second kappa shape index (κ2) is 10.2. The monoisotopic (exact) mass is 433 g/mol. The molecule has 0 spiro atoms. The number of hydrogen-bond acceptors (Lipinski definition) is 4. The molecule has 0 unspecified atom stereocenters. The molecule has 0 saturated carbocycles. The number of likely N-dealkylation sites (N-methyl/N-ethyl adjacent to an activating group) is 1. The second-order valence-electron chi connectivity index (χ2n) is 8.99. The van der Waals surface area contributed by atoms with Crippen LogP contribution in [0, 0.1) is 13.8 Å². The molecule has 1 saturated heterocycles. The van der Waals surface area contributed by atoms with Crippen LogP contribution in [0.3, 0.4) is 0 Å². The molecular formula is C22H35N5O2S. The number of benzene rings is 1. The molecule has 8 heteroatoms. The molecule has 0 aromatic heterocycles. The molecule has 0 atom stereocenters. The maximum Gasteiger partial charge on any atom is 0.242 e. The normalized spacial score (nSPS) is 14.9. The first-order chi connectivity index (χ1) is 14.0. The Balaban J connectivity index is 1.79. The van der Waals surface area contributed by atoms with Gasteiger partial charge in [-0.25, -0.2) is 0 Å². The molecule has 1 aromatic carbocycles. The van der Waals surface area contributed by atoms with Gasteiger partial charge in [0.1, 0.15) is 0 Å². The Labute approximate surface area is 185 Å². The Morgan fingerprint density at radius 2 is 1.77 bits per heavy atom. The summed E-state index contributed by atoms with van der Waals surface area (Å²) < 4.78 is 0. The third-order valence-corrected chi connectivity index (χ3v) is 5.59. The summed E-state index contributed by atoms with van der Waals surface area (Å²) in [6, 6.07) is 6.03. The lowest BCUT2D eigenvalue weighted by Gasteiger charge is -2.35. The van der Waals surface area contributed by atoms with Gasteiger partial charge in [-0.15, -0.1) is 0 Å². The van der Waals surface area contributed by atoms with E-state index < -0.39 is 0 Å². The topological polar surface area (TPSA) is 67.9 Å². The minimum Gasteiger partial charge on any atom is -0.350 e. The lowest BCUT2D eigenvalue weighted by Crippen LogP contribution is -2.54. The summed E-state index contributed by atoms with van der Waals surface area (Å²) in [6.45, 7) is 13.2. The Morgan fingerprint density at radius 3 is 2.37 bits per heavy atom. The van der Waals surface area contributed by atoms with Gasteiger partial charge >= 0.3 is 0 Å². The summed E-state index contributed by atoms with van der Waals surface area (Å²) in [5, 5.41) is 6.74. The largest absolute Gasteiger partial charge is 0.350 e. The first-order valence-electron chi connectivity index (χ1n) is 10.4. The van der Waals surface area contributed by atoms with Crippen molar-refractivity contribution in [3.63, 3.8) is 0 Å². The molecule has 2 amide bonds. The van der Waals surface area contributed by atoms with E-state index in [-0.39, 0.29) is 23.9 Å². The number of carbonyl (C=O) groups excluding carboxylic acids is 2.